The summed E-state index contributed by atoms with van der Waals surface area (Å²) in [5, 5.41) is 0.373. The number of nitrogens with one attached hydrogen (secondary N) is 2. The third kappa shape index (κ3) is 2.60. The van der Waals surface area contributed by atoms with Crippen LogP contribution in [0.15, 0.2) is 50.5 Å². The van der Waals surface area contributed by atoms with Crippen LogP contribution in [0.25, 0.3) is 11.1 Å². The van der Waals surface area contributed by atoms with Gasteiger partial charge in [0, 0.05) is 5.02 Å². The van der Waals surface area contributed by atoms with Crippen molar-refractivity contribution in [2.45, 2.75) is 11.8 Å². The first-order valence-electron chi connectivity index (χ1n) is 6.27. The Hall–Kier alpha value is -2.25. The molecule has 0 saturated heterocycles. The average molecular weight is 339 g/mol. The number of anilines is 1. The van der Waals surface area contributed by atoms with Gasteiger partial charge in [0.25, 0.3) is 10.0 Å². The smallest absolute Gasteiger partial charge is 0.408 e. The van der Waals surface area contributed by atoms with E-state index in [1.807, 2.05) is 0 Å². The molecule has 2 N–H and O–H groups in total. The molecule has 0 bridgehead atoms. The lowest BCUT2D eigenvalue weighted by atomic mass is 10.2. The van der Waals surface area contributed by atoms with Crippen molar-refractivity contribution in [2.75, 3.05) is 4.72 Å². The highest BCUT2D eigenvalue weighted by molar-refractivity contribution is 7.92. The van der Waals surface area contributed by atoms with E-state index in [1.165, 1.54) is 24.3 Å². The molecule has 0 aliphatic rings. The van der Waals surface area contributed by atoms with Crippen molar-refractivity contribution in [1.29, 1.82) is 0 Å². The fraction of sp³-hybridized carbons (Fsp3) is 0.0714. The minimum atomic E-state index is -3.79. The Morgan fingerprint density at radius 1 is 1.23 bits per heavy atom. The number of benzene rings is 2. The van der Waals surface area contributed by atoms with Crippen molar-refractivity contribution < 1.29 is 12.8 Å². The third-order valence-electron chi connectivity index (χ3n) is 3.18. The number of aromatic amines is 1. The molecule has 22 heavy (non-hydrogen) atoms. The molecule has 0 radical (unpaired) electrons. The molecule has 0 aliphatic heterocycles. The first-order chi connectivity index (χ1) is 10.4. The zero-order valence-electron chi connectivity index (χ0n) is 11.4. The highest BCUT2D eigenvalue weighted by Gasteiger charge is 2.18. The standard InChI is InChI=1S/C14H11ClN2O4S/c1-8-10(15)3-2-4-13(8)22(19,20)17-9-5-6-12-11(7-9)16-14(18)21-12/h2-7,17H,1H3,(H,16,18). The first-order valence-corrected chi connectivity index (χ1v) is 8.14. The van der Waals surface area contributed by atoms with Gasteiger partial charge in [-0.1, -0.05) is 17.7 Å². The third-order valence-corrected chi connectivity index (χ3v) is 5.11. The summed E-state index contributed by atoms with van der Waals surface area (Å²) >= 11 is 5.96. The largest absolute Gasteiger partial charge is 0.417 e. The van der Waals surface area contributed by atoms with E-state index in [4.69, 9.17) is 16.0 Å². The molecule has 2 aromatic carbocycles. The van der Waals surface area contributed by atoms with Crippen LogP contribution >= 0.6 is 11.6 Å². The molecule has 8 heteroatoms. The van der Waals surface area contributed by atoms with Crippen LogP contribution in [0, 0.1) is 6.92 Å². The van der Waals surface area contributed by atoms with Gasteiger partial charge in [-0.2, -0.15) is 0 Å². The summed E-state index contributed by atoms with van der Waals surface area (Å²) in [6, 6.07) is 9.17. The van der Waals surface area contributed by atoms with Gasteiger partial charge in [-0.3, -0.25) is 9.71 Å². The van der Waals surface area contributed by atoms with E-state index in [9.17, 15) is 13.2 Å². The van der Waals surface area contributed by atoms with Crippen LogP contribution in [0.3, 0.4) is 0 Å². The number of oxazole rings is 1. The first kappa shape index (κ1) is 14.7. The second kappa shape index (κ2) is 5.19. The maximum absolute atomic E-state index is 12.5. The van der Waals surface area contributed by atoms with E-state index in [-0.39, 0.29) is 4.90 Å². The van der Waals surface area contributed by atoms with E-state index < -0.39 is 15.8 Å². The van der Waals surface area contributed by atoms with Crippen LogP contribution in [0.5, 0.6) is 0 Å². The normalized spacial score (nSPS) is 11.7. The lowest BCUT2D eigenvalue weighted by molar-refractivity contribution is 0.555. The molecule has 3 rings (SSSR count). The van der Waals surface area contributed by atoms with Crippen LogP contribution in [0.1, 0.15) is 5.56 Å². The van der Waals surface area contributed by atoms with Crippen LogP contribution in [0.2, 0.25) is 5.02 Å². The fourth-order valence-electron chi connectivity index (χ4n) is 2.10. The summed E-state index contributed by atoms with van der Waals surface area (Å²) in [7, 11) is -3.79. The molecule has 0 saturated carbocycles. The minimum Gasteiger partial charge on any atom is -0.408 e. The van der Waals surface area contributed by atoms with Gasteiger partial charge in [0.1, 0.15) is 0 Å². The number of hydrogen-bond acceptors (Lipinski definition) is 4. The predicted octanol–water partition coefficient (Wildman–Crippen LogP) is 2.88. The molecule has 0 unspecified atom stereocenters. The van der Waals surface area contributed by atoms with Gasteiger partial charge in [0.2, 0.25) is 0 Å². The zero-order valence-corrected chi connectivity index (χ0v) is 13.0. The number of rotatable bonds is 3. The highest BCUT2D eigenvalue weighted by atomic mass is 35.5. The summed E-state index contributed by atoms with van der Waals surface area (Å²) in [6.45, 7) is 1.63. The summed E-state index contributed by atoms with van der Waals surface area (Å²) < 4.78 is 32.2. The Kier molecular flexibility index (Phi) is 3.46. The van der Waals surface area contributed by atoms with Gasteiger partial charge in [-0.25, -0.2) is 13.2 Å². The van der Waals surface area contributed by atoms with Crippen molar-refractivity contribution in [3.8, 4) is 0 Å². The van der Waals surface area contributed by atoms with Crippen molar-refractivity contribution in [3.05, 3.63) is 57.5 Å². The maximum Gasteiger partial charge on any atom is 0.417 e. The molecule has 114 valence electrons. The molecule has 1 heterocycles. The summed E-state index contributed by atoms with van der Waals surface area (Å²) in [5.74, 6) is -0.597. The maximum atomic E-state index is 12.5. The molecule has 1 aromatic heterocycles. The van der Waals surface area contributed by atoms with E-state index in [0.717, 1.165) is 0 Å². The number of aromatic nitrogens is 1. The molecule has 0 atom stereocenters. The highest BCUT2D eigenvalue weighted by Crippen LogP contribution is 2.25. The van der Waals surface area contributed by atoms with Gasteiger partial charge in [-0.15, -0.1) is 0 Å². The Balaban J connectivity index is 2.02. The lowest BCUT2D eigenvalue weighted by Crippen LogP contribution is -2.14. The molecule has 0 fully saturated rings. The number of H-pyrrole nitrogens is 1. The Morgan fingerprint density at radius 2 is 2.00 bits per heavy atom. The number of hydrogen-bond donors (Lipinski definition) is 2. The predicted molar refractivity (Wildman–Crippen MR) is 83.8 cm³/mol. The van der Waals surface area contributed by atoms with Gasteiger partial charge in [-0.05, 0) is 42.8 Å². The summed E-state index contributed by atoms with van der Waals surface area (Å²) in [6.07, 6.45) is 0. The van der Waals surface area contributed by atoms with Crippen molar-refractivity contribution in [2.24, 2.45) is 0 Å². The van der Waals surface area contributed by atoms with Crippen LogP contribution in [-0.4, -0.2) is 13.4 Å². The van der Waals surface area contributed by atoms with E-state index >= 15 is 0 Å². The van der Waals surface area contributed by atoms with Gasteiger partial charge >= 0.3 is 5.76 Å². The van der Waals surface area contributed by atoms with Crippen molar-refractivity contribution in [3.63, 3.8) is 0 Å². The molecule has 0 spiro atoms. The second-order valence-electron chi connectivity index (χ2n) is 4.69. The molecule has 3 aromatic rings. The topological polar surface area (TPSA) is 92.2 Å². The molecule has 0 aliphatic carbocycles. The monoisotopic (exact) mass is 338 g/mol. The summed E-state index contributed by atoms with van der Waals surface area (Å²) in [4.78, 5) is 13.7. The quantitative estimate of drug-likeness (QED) is 0.768. The SMILES string of the molecule is Cc1c(Cl)cccc1S(=O)(=O)Nc1ccc2oc(=O)[nH]c2c1. The Morgan fingerprint density at radius 3 is 2.77 bits per heavy atom. The summed E-state index contributed by atoms with van der Waals surface area (Å²) in [5.41, 5.74) is 1.54. The van der Waals surface area contributed by atoms with E-state index in [0.29, 0.717) is 27.4 Å². The second-order valence-corrected chi connectivity index (χ2v) is 6.75. The zero-order chi connectivity index (χ0) is 15.9. The number of fused-ring (bicyclic) bond motifs is 1. The van der Waals surface area contributed by atoms with Gasteiger partial charge in [0.05, 0.1) is 16.1 Å². The van der Waals surface area contributed by atoms with Gasteiger partial charge in [0.15, 0.2) is 5.58 Å². The van der Waals surface area contributed by atoms with Crippen molar-refractivity contribution in [1.82, 2.24) is 4.98 Å². The van der Waals surface area contributed by atoms with E-state index in [1.54, 1.807) is 19.1 Å². The van der Waals surface area contributed by atoms with Crippen LogP contribution < -0.4 is 10.5 Å². The number of sulfonamides is 1. The number of halogens is 1. The Labute approximate surface area is 130 Å². The average Bonchev–Trinajstić information content (AvgIpc) is 2.80. The van der Waals surface area contributed by atoms with Gasteiger partial charge < -0.3 is 4.42 Å². The van der Waals surface area contributed by atoms with Crippen LogP contribution in [-0.2, 0) is 10.0 Å². The Bertz CT molecular complexity index is 1020. The molecular formula is C14H11ClN2O4S. The van der Waals surface area contributed by atoms with Crippen LogP contribution in [0.4, 0.5) is 5.69 Å². The van der Waals surface area contributed by atoms with Crippen molar-refractivity contribution >= 4 is 38.4 Å². The minimum absolute atomic E-state index is 0.0979. The fourth-order valence-corrected chi connectivity index (χ4v) is 3.65. The molecule has 0 amide bonds. The van der Waals surface area contributed by atoms with E-state index in [2.05, 4.69) is 9.71 Å². The lowest BCUT2D eigenvalue weighted by Gasteiger charge is -2.11. The molecule has 6 nitrogen and oxygen atoms in total. The molecular weight excluding hydrogens is 328 g/mol.